The maximum Gasteiger partial charge on any atom is 0.213 e. The van der Waals surface area contributed by atoms with Gasteiger partial charge in [-0.2, -0.15) is 0 Å². The average molecular weight is 293 g/mol. The third-order valence-electron chi connectivity index (χ3n) is 2.60. The van der Waals surface area contributed by atoms with Gasteiger partial charge in [0, 0.05) is 18.8 Å². The van der Waals surface area contributed by atoms with Gasteiger partial charge in [-0.05, 0) is 18.6 Å². The Labute approximate surface area is 121 Å². The van der Waals surface area contributed by atoms with Crippen molar-refractivity contribution in [3.8, 4) is 5.88 Å². The van der Waals surface area contributed by atoms with Crippen LogP contribution in [0.5, 0.6) is 5.88 Å². The van der Waals surface area contributed by atoms with Crippen molar-refractivity contribution in [1.82, 2.24) is 15.0 Å². The molecule has 2 heterocycles. The predicted octanol–water partition coefficient (Wildman–Crippen LogP) is 2.27. The first kappa shape index (κ1) is 14.2. The number of nitrogens with one attached hydrogen (secondary N) is 1. The minimum absolute atomic E-state index is 0.141. The lowest BCUT2D eigenvalue weighted by atomic mass is 10.2. The number of aromatic nitrogens is 3. The van der Waals surface area contributed by atoms with Crippen molar-refractivity contribution in [3.63, 3.8) is 0 Å². The zero-order valence-electron chi connectivity index (χ0n) is 11.1. The number of hydrogen-bond donors (Lipinski definition) is 1. The highest BCUT2D eigenvalue weighted by Gasteiger charge is 2.10. The summed E-state index contributed by atoms with van der Waals surface area (Å²) in [5.74, 6) is 1.43. The van der Waals surface area contributed by atoms with E-state index in [-0.39, 0.29) is 10.7 Å². The second kappa shape index (κ2) is 6.29. The molecule has 0 aliphatic rings. The first-order chi connectivity index (χ1) is 9.63. The van der Waals surface area contributed by atoms with Crippen molar-refractivity contribution in [3.05, 3.63) is 40.4 Å². The maximum atomic E-state index is 11.0. The largest absolute Gasteiger partial charge is 0.481 e. The number of carbonyl (C=O) groups is 1. The Morgan fingerprint density at radius 2 is 2.25 bits per heavy atom. The molecular formula is C13H13ClN4O2. The fourth-order valence-corrected chi connectivity index (χ4v) is 1.90. The van der Waals surface area contributed by atoms with Crippen molar-refractivity contribution in [2.45, 2.75) is 13.5 Å². The first-order valence-electron chi connectivity index (χ1n) is 5.86. The number of nitrogens with zero attached hydrogens (tertiary/aromatic N) is 3. The summed E-state index contributed by atoms with van der Waals surface area (Å²) >= 11 is 5.91. The number of pyridine rings is 1. The molecule has 0 amide bonds. The lowest BCUT2D eigenvalue weighted by molar-refractivity contribution is 0.112. The van der Waals surface area contributed by atoms with Crippen LogP contribution in [-0.4, -0.2) is 28.3 Å². The molecule has 0 spiro atoms. The fraction of sp³-hybridized carbons (Fsp3) is 0.231. The zero-order chi connectivity index (χ0) is 14.5. The van der Waals surface area contributed by atoms with Gasteiger partial charge in [0.2, 0.25) is 5.88 Å². The molecule has 20 heavy (non-hydrogen) atoms. The Balaban J connectivity index is 2.20. The zero-order valence-corrected chi connectivity index (χ0v) is 11.8. The summed E-state index contributed by atoms with van der Waals surface area (Å²) in [6.45, 7) is 2.17. The molecule has 0 aliphatic carbocycles. The monoisotopic (exact) mass is 292 g/mol. The first-order valence-corrected chi connectivity index (χ1v) is 6.24. The summed E-state index contributed by atoms with van der Waals surface area (Å²) in [5, 5.41) is 3.20. The second-order valence-corrected chi connectivity index (χ2v) is 4.36. The van der Waals surface area contributed by atoms with E-state index in [2.05, 4.69) is 20.3 Å². The third kappa shape index (κ3) is 3.21. The van der Waals surface area contributed by atoms with Crippen molar-refractivity contribution in [2.75, 3.05) is 12.4 Å². The van der Waals surface area contributed by atoms with E-state index < -0.39 is 0 Å². The molecule has 6 nitrogen and oxygen atoms in total. The van der Waals surface area contributed by atoms with Crippen molar-refractivity contribution >= 4 is 23.7 Å². The summed E-state index contributed by atoms with van der Waals surface area (Å²) < 4.78 is 5.05. The van der Waals surface area contributed by atoms with Gasteiger partial charge in [0.05, 0.1) is 12.7 Å². The van der Waals surface area contributed by atoms with Crippen molar-refractivity contribution < 1.29 is 9.53 Å². The van der Waals surface area contributed by atoms with Gasteiger partial charge in [-0.15, -0.1) is 0 Å². The van der Waals surface area contributed by atoms with Crippen molar-refractivity contribution in [2.24, 2.45) is 0 Å². The Morgan fingerprint density at radius 1 is 1.45 bits per heavy atom. The molecule has 0 aliphatic heterocycles. The molecule has 7 heteroatoms. The quantitative estimate of drug-likeness (QED) is 0.673. The molecule has 0 atom stereocenters. The van der Waals surface area contributed by atoms with Gasteiger partial charge in [0.15, 0.2) is 6.29 Å². The van der Waals surface area contributed by atoms with Crippen molar-refractivity contribution in [1.29, 1.82) is 0 Å². The topological polar surface area (TPSA) is 77.0 Å². The van der Waals surface area contributed by atoms with Crippen LogP contribution in [-0.2, 0) is 6.54 Å². The highest BCUT2D eigenvalue weighted by atomic mass is 35.5. The van der Waals surface area contributed by atoms with Crippen LogP contribution in [0.4, 0.5) is 5.82 Å². The van der Waals surface area contributed by atoms with Gasteiger partial charge in [-0.25, -0.2) is 15.0 Å². The molecule has 0 saturated carbocycles. The van der Waals surface area contributed by atoms with Gasteiger partial charge in [0.25, 0.3) is 0 Å². The third-order valence-corrected chi connectivity index (χ3v) is 2.89. The smallest absolute Gasteiger partial charge is 0.213 e. The molecule has 0 saturated heterocycles. The summed E-state index contributed by atoms with van der Waals surface area (Å²) in [6.07, 6.45) is 2.28. The van der Waals surface area contributed by atoms with E-state index in [1.165, 1.54) is 0 Å². The van der Waals surface area contributed by atoms with E-state index in [4.69, 9.17) is 16.3 Å². The fourth-order valence-electron chi connectivity index (χ4n) is 1.64. The Morgan fingerprint density at radius 3 is 2.95 bits per heavy atom. The molecule has 2 aromatic rings. The van der Waals surface area contributed by atoms with Gasteiger partial charge < -0.3 is 10.1 Å². The lowest BCUT2D eigenvalue weighted by Gasteiger charge is -2.10. The minimum Gasteiger partial charge on any atom is -0.481 e. The summed E-state index contributed by atoms with van der Waals surface area (Å²) in [5.41, 5.74) is 1.19. The van der Waals surface area contributed by atoms with Crippen LogP contribution in [0.25, 0.3) is 0 Å². The van der Waals surface area contributed by atoms with Gasteiger partial charge in [0.1, 0.15) is 16.8 Å². The highest BCUT2D eigenvalue weighted by Crippen LogP contribution is 2.20. The van der Waals surface area contributed by atoms with Gasteiger partial charge in [-0.3, -0.25) is 4.79 Å². The number of carbonyl (C=O) groups excluding carboxylic acids is 1. The van der Waals surface area contributed by atoms with Crippen LogP contribution in [0.2, 0.25) is 5.15 Å². The maximum absolute atomic E-state index is 11.0. The number of aldehydes is 1. The Hall–Kier alpha value is -2.21. The molecule has 0 aromatic carbocycles. The number of ether oxygens (including phenoxy) is 1. The molecular weight excluding hydrogens is 280 g/mol. The Bertz CT molecular complexity index is 634. The molecule has 0 radical (unpaired) electrons. The molecule has 1 N–H and O–H groups in total. The molecule has 2 aromatic heterocycles. The van der Waals surface area contributed by atoms with Crippen LogP contribution in [0.3, 0.4) is 0 Å². The SMILES string of the molecule is COc1cc(CNc2nc(C)nc(Cl)c2C=O)ccn1. The van der Waals surface area contributed by atoms with E-state index >= 15 is 0 Å². The number of anilines is 1. The summed E-state index contributed by atoms with van der Waals surface area (Å²) in [6, 6.07) is 3.63. The second-order valence-electron chi connectivity index (χ2n) is 4.00. The standard InChI is InChI=1S/C13H13ClN4O2/c1-8-17-12(14)10(7-19)13(18-8)16-6-9-3-4-15-11(5-9)20-2/h3-5,7H,6H2,1-2H3,(H,16,17,18). The molecule has 2 rings (SSSR count). The van der Waals surface area contributed by atoms with E-state index in [0.717, 1.165) is 5.56 Å². The van der Waals surface area contributed by atoms with Crippen LogP contribution < -0.4 is 10.1 Å². The number of hydrogen-bond acceptors (Lipinski definition) is 6. The van der Waals surface area contributed by atoms with Crippen LogP contribution in [0.15, 0.2) is 18.3 Å². The summed E-state index contributed by atoms with van der Waals surface area (Å²) in [7, 11) is 1.55. The van der Waals surface area contributed by atoms with Crippen LogP contribution in [0, 0.1) is 6.92 Å². The number of methoxy groups -OCH3 is 1. The van der Waals surface area contributed by atoms with Crippen LogP contribution in [0.1, 0.15) is 21.7 Å². The summed E-state index contributed by atoms with van der Waals surface area (Å²) in [4.78, 5) is 23.2. The van der Waals surface area contributed by atoms with Gasteiger partial charge >= 0.3 is 0 Å². The van der Waals surface area contributed by atoms with E-state index in [9.17, 15) is 4.79 Å². The highest BCUT2D eigenvalue weighted by molar-refractivity contribution is 6.32. The van der Waals surface area contributed by atoms with Gasteiger partial charge in [-0.1, -0.05) is 11.6 Å². The average Bonchev–Trinajstić information content (AvgIpc) is 2.45. The molecule has 0 unspecified atom stereocenters. The van der Waals surface area contributed by atoms with Crippen LogP contribution >= 0.6 is 11.6 Å². The number of rotatable bonds is 5. The van der Waals surface area contributed by atoms with E-state index in [0.29, 0.717) is 30.4 Å². The lowest BCUT2D eigenvalue weighted by Crippen LogP contribution is -2.07. The normalized spacial score (nSPS) is 10.2. The molecule has 0 fully saturated rings. The Kier molecular flexibility index (Phi) is 4.47. The van der Waals surface area contributed by atoms with E-state index in [1.54, 1.807) is 26.3 Å². The molecule has 0 bridgehead atoms. The number of halogens is 1. The predicted molar refractivity (Wildman–Crippen MR) is 75.3 cm³/mol. The minimum atomic E-state index is 0.141. The van der Waals surface area contributed by atoms with E-state index in [1.807, 2.05) is 6.07 Å². The number of aryl methyl sites for hydroxylation is 1. The molecule has 104 valence electrons.